The fraction of sp³-hybridized carbons (Fsp3) is 0.150. The largest absolute Gasteiger partial charge is 0.497 e. The van der Waals surface area contributed by atoms with Gasteiger partial charge in [0.2, 0.25) is 0 Å². The van der Waals surface area contributed by atoms with Crippen molar-refractivity contribution in [1.29, 1.82) is 0 Å². The fourth-order valence-electron chi connectivity index (χ4n) is 2.82. The van der Waals surface area contributed by atoms with Gasteiger partial charge >= 0.3 is 5.97 Å². The molecule has 3 rings (SSSR count). The summed E-state index contributed by atoms with van der Waals surface area (Å²) < 4.78 is 10.7. The number of rotatable bonds is 6. The molecule has 1 aliphatic rings. The van der Waals surface area contributed by atoms with E-state index in [9.17, 15) is 14.7 Å². The van der Waals surface area contributed by atoms with Crippen LogP contribution in [0.3, 0.4) is 0 Å². The van der Waals surface area contributed by atoms with Crippen LogP contribution in [-0.4, -0.2) is 40.4 Å². The molecular weight excluding hydrogens is 398 g/mol. The summed E-state index contributed by atoms with van der Waals surface area (Å²) in [5.41, 5.74) is 1.14. The number of ether oxygens (including phenoxy) is 2. The fourth-order valence-corrected chi connectivity index (χ4v) is 4.12. The van der Waals surface area contributed by atoms with Gasteiger partial charge in [0.25, 0.3) is 5.91 Å². The number of amides is 1. The molecule has 1 atom stereocenters. The van der Waals surface area contributed by atoms with Gasteiger partial charge in [-0.25, -0.2) is 4.79 Å². The summed E-state index contributed by atoms with van der Waals surface area (Å²) >= 11 is 6.38. The highest BCUT2D eigenvalue weighted by Crippen LogP contribution is 2.39. The van der Waals surface area contributed by atoms with E-state index in [-0.39, 0.29) is 4.32 Å². The molecule has 2 aromatic carbocycles. The molecule has 8 heteroatoms. The van der Waals surface area contributed by atoms with Gasteiger partial charge in [-0.05, 0) is 23.8 Å². The third kappa shape index (κ3) is 3.88. The monoisotopic (exact) mass is 415 g/mol. The maximum Gasteiger partial charge on any atom is 0.331 e. The second kappa shape index (κ2) is 8.45. The van der Waals surface area contributed by atoms with Crippen LogP contribution < -0.4 is 9.47 Å². The van der Waals surface area contributed by atoms with Gasteiger partial charge in [-0.15, -0.1) is 0 Å². The zero-order chi connectivity index (χ0) is 20.3. The average molecular weight is 415 g/mol. The minimum atomic E-state index is -1.18. The number of thioether (sulfide) groups is 1. The van der Waals surface area contributed by atoms with Crippen molar-refractivity contribution < 1.29 is 24.2 Å². The lowest BCUT2D eigenvalue weighted by Crippen LogP contribution is -2.37. The Morgan fingerprint density at radius 1 is 1.18 bits per heavy atom. The molecule has 0 saturated carbocycles. The lowest BCUT2D eigenvalue weighted by atomic mass is 10.1. The Morgan fingerprint density at radius 3 is 2.50 bits per heavy atom. The van der Waals surface area contributed by atoms with E-state index in [0.29, 0.717) is 27.5 Å². The number of aliphatic carboxylic acids is 1. The molecule has 0 radical (unpaired) electrons. The van der Waals surface area contributed by atoms with Gasteiger partial charge in [0, 0.05) is 11.6 Å². The van der Waals surface area contributed by atoms with Crippen LogP contribution in [0, 0.1) is 0 Å². The predicted molar refractivity (Wildman–Crippen MR) is 111 cm³/mol. The van der Waals surface area contributed by atoms with E-state index < -0.39 is 17.9 Å². The van der Waals surface area contributed by atoms with Crippen molar-refractivity contribution in [1.82, 2.24) is 4.90 Å². The highest BCUT2D eigenvalue weighted by molar-refractivity contribution is 8.26. The Hall–Kier alpha value is -2.84. The number of hydrogen-bond donors (Lipinski definition) is 1. The third-order valence-corrected chi connectivity index (χ3v) is 5.49. The van der Waals surface area contributed by atoms with E-state index >= 15 is 0 Å². The maximum absolute atomic E-state index is 13.0. The van der Waals surface area contributed by atoms with Crippen LogP contribution in [0.2, 0.25) is 0 Å². The van der Waals surface area contributed by atoms with Gasteiger partial charge in [0.15, 0.2) is 6.04 Å². The van der Waals surface area contributed by atoms with Crippen LogP contribution >= 0.6 is 24.0 Å². The molecule has 144 valence electrons. The van der Waals surface area contributed by atoms with Crippen molar-refractivity contribution in [3.8, 4) is 11.5 Å². The van der Waals surface area contributed by atoms with Gasteiger partial charge in [-0.1, -0.05) is 54.3 Å². The van der Waals surface area contributed by atoms with Gasteiger partial charge in [0.1, 0.15) is 15.8 Å². The molecule has 1 N–H and O–H groups in total. The standard InChI is InChI=1S/C20H17NO5S2/c1-25-14-9-8-13(15(11-14)26-2)10-16-18(22)21(20(27)28-16)17(19(23)24)12-6-4-3-5-7-12/h3-11,17H,1-2H3,(H,23,24)/b16-10+/t17-/m1/s1. The zero-order valence-corrected chi connectivity index (χ0v) is 16.8. The first kappa shape index (κ1) is 19.9. The maximum atomic E-state index is 13.0. The molecule has 1 saturated heterocycles. The van der Waals surface area contributed by atoms with Crippen molar-refractivity contribution in [2.75, 3.05) is 14.2 Å². The number of nitrogens with zero attached hydrogens (tertiary/aromatic N) is 1. The molecule has 0 spiro atoms. The van der Waals surface area contributed by atoms with E-state index in [0.717, 1.165) is 16.7 Å². The third-order valence-electron chi connectivity index (χ3n) is 4.16. The van der Waals surface area contributed by atoms with Crippen LogP contribution in [-0.2, 0) is 9.59 Å². The van der Waals surface area contributed by atoms with Crippen LogP contribution in [0.1, 0.15) is 17.2 Å². The highest BCUT2D eigenvalue weighted by Gasteiger charge is 2.41. The molecule has 28 heavy (non-hydrogen) atoms. The quantitative estimate of drug-likeness (QED) is 0.569. The van der Waals surface area contributed by atoms with Crippen LogP contribution in [0.4, 0.5) is 0 Å². The summed E-state index contributed by atoms with van der Waals surface area (Å²) in [5, 5.41) is 9.72. The van der Waals surface area contributed by atoms with Gasteiger partial charge in [-0.3, -0.25) is 9.69 Å². The number of carboxylic acid groups (broad SMARTS) is 1. The highest BCUT2D eigenvalue weighted by atomic mass is 32.2. The van der Waals surface area contributed by atoms with Crippen LogP contribution in [0.15, 0.2) is 53.4 Å². The molecule has 1 aliphatic heterocycles. The summed E-state index contributed by atoms with van der Waals surface area (Å²) in [4.78, 5) is 26.3. The first-order valence-electron chi connectivity index (χ1n) is 8.23. The van der Waals surface area contributed by atoms with Gasteiger partial charge in [0.05, 0.1) is 19.1 Å². The summed E-state index contributed by atoms with van der Waals surface area (Å²) in [5.74, 6) is -0.450. The molecule has 6 nitrogen and oxygen atoms in total. The summed E-state index contributed by atoms with van der Waals surface area (Å²) in [6, 6.07) is 12.6. The Balaban J connectivity index is 1.97. The van der Waals surface area contributed by atoms with Crippen LogP contribution in [0.5, 0.6) is 11.5 Å². The van der Waals surface area contributed by atoms with Crippen molar-refractivity contribution in [3.05, 3.63) is 64.6 Å². The predicted octanol–water partition coefficient (Wildman–Crippen LogP) is 3.73. The number of benzene rings is 2. The first-order chi connectivity index (χ1) is 13.5. The Labute approximate surface area is 171 Å². The van der Waals surface area contributed by atoms with E-state index in [1.165, 1.54) is 7.11 Å². The average Bonchev–Trinajstić information content (AvgIpc) is 2.97. The minimum Gasteiger partial charge on any atom is -0.497 e. The van der Waals surface area contributed by atoms with Crippen molar-refractivity contribution in [2.45, 2.75) is 6.04 Å². The topological polar surface area (TPSA) is 76.1 Å². The normalized spacial score (nSPS) is 16.4. The first-order valence-corrected chi connectivity index (χ1v) is 9.45. The number of hydrogen-bond acceptors (Lipinski definition) is 6. The molecule has 0 aliphatic carbocycles. The number of thiocarbonyl (C=S) groups is 1. The van der Waals surface area contributed by atoms with Crippen molar-refractivity contribution in [3.63, 3.8) is 0 Å². The van der Waals surface area contributed by atoms with Gasteiger partial charge < -0.3 is 14.6 Å². The summed E-state index contributed by atoms with van der Waals surface area (Å²) in [6.45, 7) is 0. The molecule has 1 heterocycles. The van der Waals surface area contributed by atoms with E-state index in [4.69, 9.17) is 21.7 Å². The molecule has 0 unspecified atom stereocenters. The minimum absolute atomic E-state index is 0.194. The van der Waals surface area contributed by atoms with Gasteiger partial charge in [-0.2, -0.15) is 0 Å². The Bertz CT molecular complexity index is 958. The zero-order valence-electron chi connectivity index (χ0n) is 15.1. The summed E-state index contributed by atoms with van der Waals surface area (Å²) in [6.07, 6.45) is 1.64. The second-order valence-electron chi connectivity index (χ2n) is 5.81. The van der Waals surface area contributed by atoms with E-state index in [1.807, 2.05) is 0 Å². The van der Waals surface area contributed by atoms with E-state index in [2.05, 4.69) is 0 Å². The lowest BCUT2D eigenvalue weighted by molar-refractivity contribution is -0.145. The molecule has 0 bridgehead atoms. The number of carboxylic acids is 1. The van der Waals surface area contributed by atoms with E-state index in [1.54, 1.807) is 61.7 Å². The molecular formula is C20H17NO5S2. The molecule has 1 amide bonds. The number of carbonyl (C=O) groups excluding carboxylic acids is 1. The second-order valence-corrected chi connectivity index (χ2v) is 7.49. The van der Waals surface area contributed by atoms with Crippen molar-refractivity contribution >= 4 is 46.3 Å². The smallest absolute Gasteiger partial charge is 0.331 e. The Kier molecular flexibility index (Phi) is 6.01. The molecule has 0 aromatic heterocycles. The number of methoxy groups -OCH3 is 2. The van der Waals surface area contributed by atoms with Crippen molar-refractivity contribution in [2.24, 2.45) is 0 Å². The Morgan fingerprint density at radius 2 is 1.89 bits per heavy atom. The SMILES string of the molecule is COc1ccc(/C=C2/SC(=S)N([C@@H](C(=O)O)c3ccccc3)C2=O)c(OC)c1. The number of carbonyl (C=O) groups is 2. The molecule has 1 fully saturated rings. The lowest BCUT2D eigenvalue weighted by Gasteiger charge is -2.23. The molecule has 2 aromatic rings. The summed E-state index contributed by atoms with van der Waals surface area (Å²) in [7, 11) is 3.07. The van der Waals surface area contributed by atoms with Crippen LogP contribution in [0.25, 0.3) is 6.08 Å².